The highest BCUT2D eigenvalue weighted by Gasteiger charge is 2.09. The Hall–Kier alpha value is -1.98. The van der Waals surface area contributed by atoms with Crippen LogP contribution in [0.25, 0.3) is 0 Å². The van der Waals surface area contributed by atoms with E-state index in [-0.39, 0.29) is 11.7 Å². The summed E-state index contributed by atoms with van der Waals surface area (Å²) in [4.78, 5) is 23.5. The number of methoxy groups -OCH3 is 1. The van der Waals surface area contributed by atoms with E-state index in [9.17, 15) is 9.59 Å². The largest absolute Gasteiger partial charge is 0.496 e. The second kappa shape index (κ2) is 8.76. The number of rotatable bonds is 7. The van der Waals surface area contributed by atoms with Crippen molar-refractivity contribution in [3.63, 3.8) is 0 Å². The Balaban J connectivity index is 1.91. The summed E-state index contributed by atoms with van der Waals surface area (Å²) >= 11 is 7.27. The van der Waals surface area contributed by atoms with E-state index in [2.05, 4.69) is 5.32 Å². The van der Waals surface area contributed by atoms with E-state index in [4.69, 9.17) is 16.3 Å². The van der Waals surface area contributed by atoms with Crippen LogP contribution in [0.1, 0.15) is 22.8 Å². The average molecular weight is 364 g/mol. The van der Waals surface area contributed by atoms with Gasteiger partial charge in [-0.15, -0.1) is 11.8 Å². The van der Waals surface area contributed by atoms with Crippen LogP contribution in [0.2, 0.25) is 5.02 Å². The number of ether oxygens (including phenoxy) is 1. The molecule has 0 saturated heterocycles. The number of Topliss-reactive ketones (excluding diaryl/α,β-unsaturated/α-hetero) is 1. The standard InChI is InChI=1S/C18H18ClNO3S/c1-12(21)13-3-8-17(23-2)14(9-13)10-24-11-18(22)20-16-6-4-15(19)5-7-16/h3-9H,10-11H2,1-2H3,(H,20,22). The summed E-state index contributed by atoms with van der Waals surface area (Å²) in [7, 11) is 1.59. The van der Waals surface area contributed by atoms with Gasteiger partial charge in [0.1, 0.15) is 5.75 Å². The number of carbonyl (C=O) groups excluding carboxylic acids is 2. The van der Waals surface area contributed by atoms with Gasteiger partial charge >= 0.3 is 0 Å². The smallest absolute Gasteiger partial charge is 0.234 e. The summed E-state index contributed by atoms with van der Waals surface area (Å²) in [6, 6.07) is 12.3. The quantitative estimate of drug-likeness (QED) is 0.740. The average Bonchev–Trinajstić information content (AvgIpc) is 2.56. The third kappa shape index (κ3) is 5.28. The molecule has 0 spiro atoms. The van der Waals surface area contributed by atoms with Crippen molar-refractivity contribution in [1.29, 1.82) is 0 Å². The zero-order valence-electron chi connectivity index (χ0n) is 13.5. The first-order valence-corrected chi connectivity index (χ1v) is 8.84. The first-order valence-electron chi connectivity index (χ1n) is 7.30. The van der Waals surface area contributed by atoms with Crippen molar-refractivity contribution >= 4 is 40.7 Å². The minimum Gasteiger partial charge on any atom is -0.496 e. The van der Waals surface area contributed by atoms with Crippen molar-refractivity contribution in [3.05, 3.63) is 58.6 Å². The number of benzene rings is 2. The number of thioether (sulfide) groups is 1. The zero-order valence-corrected chi connectivity index (χ0v) is 15.0. The maximum Gasteiger partial charge on any atom is 0.234 e. The Bertz CT molecular complexity index is 732. The molecule has 0 aliphatic carbocycles. The molecule has 0 atom stereocenters. The predicted octanol–water partition coefficient (Wildman–Crippen LogP) is 4.42. The van der Waals surface area contributed by atoms with Crippen LogP contribution in [0.3, 0.4) is 0 Å². The van der Waals surface area contributed by atoms with Crippen LogP contribution in [0, 0.1) is 0 Å². The van der Waals surface area contributed by atoms with Crippen LogP contribution < -0.4 is 10.1 Å². The lowest BCUT2D eigenvalue weighted by Crippen LogP contribution is -2.14. The monoisotopic (exact) mass is 363 g/mol. The molecule has 1 N–H and O–H groups in total. The molecule has 24 heavy (non-hydrogen) atoms. The maximum atomic E-state index is 12.0. The van der Waals surface area contributed by atoms with Gasteiger partial charge < -0.3 is 10.1 Å². The second-order valence-corrected chi connectivity index (χ2v) is 6.55. The Kier molecular flexibility index (Phi) is 6.70. The van der Waals surface area contributed by atoms with Gasteiger partial charge in [0.15, 0.2) is 5.78 Å². The summed E-state index contributed by atoms with van der Waals surface area (Å²) in [6.45, 7) is 1.53. The van der Waals surface area contributed by atoms with Gasteiger partial charge in [0.05, 0.1) is 12.9 Å². The highest BCUT2D eigenvalue weighted by Crippen LogP contribution is 2.25. The molecule has 0 radical (unpaired) electrons. The third-order valence-corrected chi connectivity index (χ3v) is 4.54. The Morgan fingerprint density at radius 3 is 2.50 bits per heavy atom. The number of halogens is 1. The number of hydrogen-bond acceptors (Lipinski definition) is 4. The summed E-state index contributed by atoms with van der Waals surface area (Å²) < 4.78 is 5.31. The van der Waals surface area contributed by atoms with Gasteiger partial charge in [-0.1, -0.05) is 11.6 Å². The molecular formula is C18H18ClNO3S. The zero-order chi connectivity index (χ0) is 17.5. The van der Waals surface area contributed by atoms with E-state index in [1.807, 2.05) is 6.07 Å². The number of nitrogens with one attached hydrogen (secondary N) is 1. The fourth-order valence-corrected chi connectivity index (χ4v) is 3.03. The second-order valence-electron chi connectivity index (χ2n) is 5.13. The molecule has 0 saturated carbocycles. The van der Waals surface area contributed by atoms with Crippen LogP contribution in [0.4, 0.5) is 5.69 Å². The van der Waals surface area contributed by atoms with Crippen LogP contribution in [0.5, 0.6) is 5.75 Å². The molecule has 0 fully saturated rings. The molecule has 6 heteroatoms. The lowest BCUT2D eigenvalue weighted by molar-refractivity contribution is -0.113. The van der Waals surface area contributed by atoms with E-state index >= 15 is 0 Å². The van der Waals surface area contributed by atoms with Crippen molar-refractivity contribution in [2.45, 2.75) is 12.7 Å². The van der Waals surface area contributed by atoms with Gasteiger partial charge in [0.2, 0.25) is 5.91 Å². The van der Waals surface area contributed by atoms with E-state index in [0.29, 0.717) is 33.5 Å². The number of anilines is 1. The summed E-state index contributed by atoms with van der Waals surface area (Å²) in [6.07, 6.45) is 0. The minimum absolute atomic E-state index is 0.00406. The Morgan fingerprint density at radius 1 is 1.17 bits per heavy atom. The minimum atomic E-state index is -0.0935. The van der Waals surface area contributed by atoms with Crippen molar-refractivity contribution in [1.82, 2.24) is 0 Å². The number of carbonyl (C=O) groups is 2. The van der Waals surface area contributed by atoms with Gasteiger partial charge in [-0.05, 0) is 49.4 Å². The van der Waals surface area contributed by atoms with Crippen molar-refractivity contribution in [3.8, 4) is 5.75 Å². The Labute approximate surface area is 150 Å². The van der Waals surface area contributed by atoms with Crippen LogP contribution >= 0.6 is 23.4 Å². The number of ketones is 1. The van der Waals surface area contributed by atoms with Crippen molar-refractivity contribution in [2.75, 3.05) is 18.2 Å². The molecule has 0 aromatic heterocycles. The molecule has 1 amide bonds. The fourth-order valence-electron chi connectivity index (χ4n) is 2.09. The molecule has 4 nitrogen and oxygen atoms in total. The topological polar surface area (TPSA) is 55.4 Å². The molecule has 2 aromatic rings. The van der Waals surface area contributed by atoms with Gasteiger partial charge in [0.25, 0.3) is 0 Å². The van der Waals surface area contributed by atoms with E-state index in [1.54, 1.807) is 43.5 Å². The normalized spacial score (nSPS) is 10.3. The lowest BCUT2D eigenvalue weighted by Gasteiger charge is -2.10. The highest BCUT2D eigenvalue weighted by atomic mass is 35.5. The highest BCUT2D eigenvalue weighted by molar-refractivity contribution is 7.99. The SMILES string of the molecule is COc1ccc(C(C)=O)cc1CSCC(=O)Nc1ccc(Cl)cc1. The molecule has 2 aromatic carbocycles. The molecule has 0 bridgehead atoms. The summed E-state index contributed by atoms with van der Waals surface area (Å²) in [5, 5.41) is 3.43. The van der Waals surface area contributed by atoms with Crippen LogP contribution in [-0.2, 0) is 10.5 Å². The molecule has 0 aliphatic heterocycles. The van der Waals surface area contributed by atoms with Crippen molar-refractivity contribution < 1.29 is 14.3 Å². The van der Waals surface area contributed by atoms with Gasteiger partial charge in [-0.2, -0.15) is 0 Å². The summed E-state index contributed by atoms with van der Waals surface area (Å²) in [5.41, 5.74) is 2.24. The van der Waals surface area contributed by atoms with Gasteiger partial charge in [0, 0.05) is 27.6 Å². The van der Waals surface area contributed by atoms with Crippen LogP contribution in [0.15, 0.2) is 42.5 Å². The maximum absolute atomic E-state index is 12.0. The van der Waals surface area contributed by atoms with E-state index < -0.39 is 0 Å². The number of hydrogen-bond donors (Lipinski definition) is 1. The molecule has 0 aliphatic rings. The van der Waals surface area contributed by atoms with Crippen LogP contribution in [-0.4, -0.2) is 24.6 Å². The summed E-state index contributed by atoms with van der Waals surface area (Å²) in [5.74, 6) is 1.51. The fraction of sp³-hybridized carbons (Fsp3) is 0.222. The lowest BCUT2D eigenvalue weighted by atomic mass is 10.1. The van der Waals surface area contributed by atoms with Gasteiger partial charge in [-0.3, -0.25) is 9.59 Å². The molecule has 2 rings (SSSR count). The first kappa shape index (κ1) is 18.4. The molecular weight excluding hydrogens is 346 g/mol. The van der Waals surface area contributed by atoms with Crippen molar-refractivity contribution in [2.24, 2.45) is 0 Å². The first-order chi connectivity index (χ1) is 11.5. The predicted molar refractivity (Wildman–Crippen MR) is 99.2 cm³/mol. The van der Waals surface area contributed by atoms with Gasteiger partial charge in [-0.25, -0.2) is 0 Å². The van der Waals surface area contributed by atoms with E-state index in [0.717, 1.165) is 5.56 Å². The molecule has 0 heterocycles. The Morgan fingerprint density at radius 2 is 1.88 bits per heavy atom. The number of amides is 1. The molecule has 0 unspecified atom stereocenters. The van der Waals surface area contributed by atoms with E-state index in [1.165, 1.54) is 18.7 Å². The molecule has 126 valence electrons. The third-order valence-electron chi connectivity index (χ3n) is 3.31.